The largest absolute Gasteiger partial charge is 0.497 e. The Morgan fingerprint density at radius 2 is 1.68 bits per heavy atom. The Kier molecular flexibility index (Phi) is 7.69. The molecule has 0 unspecified atom stereocenters. The number of rotatable bonds is 9. The van der Waals surface area contributed by atoms with Gasteiger partial charge in [-0.2, -0.15) is 0 Å². The van der Waals surface area contributed by atoms with Crippen LogP contribution in [0.15, 0.2) is 53.1 Å². The fourth-order valence-corrected chi connectivity index (χ4v) is 4.32. The van der Waals surface area contributed by atoms with E-state index >= 15 is 0 Å². The minimum atomic E-state index is -0.285. The fraction of sp³-hybridized carbons (Fsp3) is 0.385. The maximum Gasteiger partial charge on any atom is 0.273 e. The van der Waals surface area contributed by atoms with Crippen LogP contribution in [0.2, 0.25) is 0 Å². The lowest BCUT2D eigenvalue weighted by Gasteiger charge is -2.35. The van der Waals surface area contributed by atoms with Crippen molar-refractivity contribution in [3.05, 3.63) is 59.8 Å². The third-order valence-electron chi connectivity index (χ3n) is 6.20. The summed E-state index contributed by atoms with van der Waals surface area (Å²) in [5.74, 6) is 2.51. The van der Waals surface area contributed by atoms with Crippen LogP contribution in [-0.4, -0.2) is 56.9 Å². The number of carbonyl (C=O) groups is 1. The number of hydrogen-bond donors (Lipinski definition) is 1. The summed E-state index contributed by atoms with van der Waals surface area (Å²) in [4.78, 5) is 15.4. The highest BCUT2D eigenvalue weighted by molar-refractivity contribution is 5.93. The van der Waals surface area contributed by atoms with Crippen molar-refractivity contribution in [3.63, 3.8) is 0 Å². The van der Waals surface area contributed by atoms with Crippen LogP contribution in [0, 0.1) is 0 Å². The van der Waals surface area contributed by atoms with E-state index in [-0.39, 0.29) is 17.6 Å². The lowest BCUT2D eigenvalue weighted by atomic mass is 10.00. The highest BCUT2D eigenvalue weighted by Crippen LogP contribution is 2.34. The number of nitrogens with one attached hydrogen (secondary N) is 1. The monoisotopic (exact) mass is 465 g/mol. The minimum Gasteiger partial charge on any atom is -0.497 e. The molecule has 0 radical (unpaired) electrons. The summed E-state index contributed by atoms with van der Waals surface area (Å²) >= 11 is 0. The van der Waals surface area contributed by atoms with Crippen molar-refractivity contribution in [2.45, 2.75) is 25.3 Å². The first kappa shape index (κ1) is 23.6. The molecule has 0 saturated carbocycles. The molecule has 1 aliphatic rings. The third kappa shape index (κ3) is 5.34. The van der Waals surface area contributed by atoms with E-state index in [0.29, 0.717) is 12.3 Å². The highest BCUT2D eigenvalue weighted by atomic mass is 16.5. The van der Waals surface area contributed by atoms with E-state index in [4.69, 9.17) is 18.7 Å². The van der Waals surface area contributed by atoms with Crippen molar-refractivity contribution in [1.29, 1.82) is 0 Å². The Hall–Kier alpha value is -3.52. The molecular formula is C26H31N3O5. The SMILES string of the molecule is COc1ccc(-c2cc(C(=O)NC[C@H](c3cc(OC)ccc3OC)N3CCCCC3)no2)cc1. The summed E-state index contributed by atoms with van der Waals surface area (Å²) in [6, 6.07) is 14.8. The lowest BCUT2D eigenvalue weighted by Crippen LogP contribution is -2.40. The number of benzene rings is 2. The topological polar surface area (TPSA) is 86.1 Å². The molecular weight excluding hydrogens is 434 g/mol. The second kappa shape index (κ2) is 11.1. The van der Waals surface area contributed by atoms with Gasteiger partial charge in [0.2, 0.25) is 0 Å². The van der Waals surface area contributed by atoms with E-state index in [1.165, 1.54) is 6.42 Å². The zero-order valence-corrected chi connectivity index (χ0v) is 19.9. The van der Waals surface area contributed by atoms with E-state index in [0.717, 1.165) is 54.3 Å². The minimum absolute atomic E-state index is 0.0535. The highest BCUT2D eigenvalue weighted by Gasteiger charge is 2.27. The van der Waals surface area contributed by atoms with Gasteiger partial charge in [0.05, 0.1) is 27.4 Å². The van der Waals surface area contributed by atoms with Crippen LogP contribution in [0.25, 0.3) is 11.3 Å². The number of methoxy groups -OCH3 is 3. The normalized spacial score (nSPS) is 14.9. The standard InChI is InChI=1S/C26H31N3O5/c1-31-19-9-7-18(8-10-19)25-16-22(28-34-25)26(30)27-17-23(29-13-5-4-6-14-29)21-15-20(32-2)11-12-24(21)33-3/h7-12,15-16,23H,4-6,13-14,17H2,1-3H3,(H,27,30)/t23-/m1/s1. The molecule has 0 spiro atoms. The van der Waals surface area contributed by atoms with Crippen molar-refractivity contribution >= 4 is 5.91 Å². The van der Waals surface area contributed by atoms with Gasteiger partial charge in [0.1, 0.15) is 17.2 Å². The van der Waals surface area contributed by atoms with E-state index in [1.807, 2.05) is 42.5 Å². The van der Waals surface area contributed by atoms with Gasteiger partial charge < -0.3 is 24.1 Å². The van der Waals surface area contributed by atoms with Crippen LogP contribution in [-0.2, 0) is 0 Å². The van der Waals surface area contributed by atoms with Gasteiger partial charge in [0.15, 0.2) is 11.5 Å². The Morgan fingerprint density at radius 1 is 0.971 bits per heavy atom. The molecule has 1 atom stereocenters. The molecule has 2 aromatic carbocycles. The molecule has 8 heteroatoms. The van der Waals surface area contributed by atoms with Crippen LogP contribution < -0.4 is 19.5 Å². The first-order valence-corrected chi connectivity index (χ1v) is 11.5. The molecule has 180 valence electrons. The average molecular weight is 466 g/mol. The van der Waals surface area contributed by atoms with Gasteiger partial charge in [-0.15, -0.1) is 0 Å². The molecule has 1 saturated heterocycles. The first-order chi connectivity index (χ1) is 16.6. The van der Waals surface area contributed by atoms with Gasteiger partial charge in [0, 0.05) is 23.7 Å². The average Bonchev–Trinajstić information content (AvgIpc) is 3.40. The third-order valence-corrected chi connectivity index (χ3v) is 6.20. The molecule has 1 fully saturated rings. The molecule has 1 aromatic heterocycles. The molecule has 8 nitrogen and oxygen atoms in total. The second-order valence-electron chi connectivity index (χ2n) is 8.24. The van der Waals surface area contributed by atoms with Crippen molar-refractivity contribution in [2.24, 2.45) is 0 Å². The molecule has 3 aromatic rings. The Morgan fingerprint density at radius 3 is 2.35 bits per heavy atom. The zero-order valence-electron chi connectivity index (χ0n) is 19.9. The van der Waals surface area contributed by atoms with Crippen LogP contribution in [0.1, 0.15) is 41.4 Å². The fourth-order valence-electron chi connectivity index (χ4n) is 4.32. The van der Waals surface area contributed by atoms with Crippen LogP contribution >= 0.6 is 0 Å². The van der Waals surface area contributed by atoms with E-state index in [9.17, 15) is 4.79 Å². The molecule has 1 N–H and O–H groups in total. The number of ether oxygens (including phenoxy) is 3. The Bertz CT molecular complexity index is 1090. The number of likely N-dealkylation sites (tertiary alicyclic amines) is 1. The van der Waals surface area contributed by atoms with Gasteiger partial charge in [-0.1, -0.05) is 11.6 Å². The van der Waals surface area contributed by atoms with Gasteiger partial charge in [0.25, 0.3) is 5.91 Å². The van der Waals surface area contributed by atoms with Crippen LogP contribution in [0.5, 0.6) is 17.2 Å². The number of carbonyl (C=O) groups excluding carboxylic acids is 1. The second-order valence-corrected chi connectivity index (χ2v) is 8.24. The summed E-state index contributed by atoms with van der Waals surface area (Å²) in [6.45, 7) is 2.34. The maximum atomic E-state index is 13.0. The van der Waals surface area contributed by atoms with Crippen molar-refractivity contribution in [1.82, 2.24) is 15.4 Å². The predicted molar refractivity (Wildman–Crippen MR) is 129 cm³/mol. The number of hydrogen-bond acceptors (Lipinski definition) is 7. The van der Waals surface area contributed by atoms with E-state index < -0.39 is 0 Å². The van der Waals surface area contributed by atoms with E-state index in [2.05, 4.69) is 15.4 Å². The molecule has 1 aliphatic heterocycles. The number of aromatic nitrogens is 1. The summed E-state index contributed by atoms with van der Waals surface area (Å²) in [5, 5.41) is 7.03. The number of amides is 1. The smallest absolute Gasteiger partial charge is 0.273 e. The summed E-state index contributed by atoms with van der Waals surface area (Å²) in [5.41, 5.74) is 2.05. The predicted octanol–water partition coefficient (Wildman–Crippen LogP) is 4.32. The Balaban J connectivity index is 1.51. The van der Waals surface area contributed by atoms with Crippen LogP contribution in [0.4, 0.5) is 0 Å². The summed E-state index contributed by atoms with van der Waals surface area (Å²) in [7, 11) is 4.92. The summed E-state index contributed by atoms with van der Waals surface area (Å²) < 4.78 is 21.7. The van der Waals surface area contributed by atoms with Crippen molar-refractivity contribution in [2.75, 3.05) is 41.0 Å². The quantitative estimate of drug-likeness (QED) is 0.504. The molecule has 1 amide bonds. The maximum absolute atomic E-state index is 13.0. The van der Waals surface area contributed by atoms with Crippen molar-refractivity contribution in [3.8, 4) is 28.6 Å². The van der Waals surface area contributed by atoms with Crippen LogP contribution in [0.3, 0.4) is 0 Å². The number of piperidine rings is 1. The molecule has 4 rings (SSSR count). The lowest BCUT2D eigenvalue weighted by molar-refractivity contribution is 0.0914. The first-order valence-electron chi connectivity index (χ1n) is 11.5. The summed E-state index contributed by atoms with van der Waals surface area (Å²) in [6.07, 6.45) is 3.48. The van der Waals surface area contributed by atoms with E-state index in [1.54, 1.807) is 27.4 Å². The van der Waals surface area contributed by atoms with Gasteiger partial charge >= 0.3 is 0 Å². The van der Waals surface area contributed by atoms with Crippen molar-refractivity contribution < 1.29 is 23.5 Å². The van der Waals surface area contributed by atoms with Gasteiger partial charge in [-0.05, 0) is 68.4 Å². The molecule has 0 bridgehead atoms. The molecule has 2 heterocycles. The van der Waals surface area contributed by atoms with Gasteiger partial charge in [-0.3, -0.25) is 9.69 Å². The molecule has 0 aliphatic carbocycles. The Labute approximate surface area is 199 Å². The van der Waals surface area contributed by atoms with Gasteiger partial charge in [-0.25, -0.2) is 0 Å². The zero-order chi connectivity index (χ0) is 23.9. The number of nitrogens with zero attached hydrogens (tertiary/aromatic N) is 2. The molecule has 34 heavy (non-hydrogen) atoms.